The fourth-order valence-corrected chi connectivity index (χ4v) is 2.91. The third-order valence-electron chi connectivity index (χ3n) is 4.82. The molecular formula is C19H21FN6. The normalized spacial score (nSPS) is 14.9. The van der Waals surface area contributed by atoms with Crippen molar-refractivity contribution in [2.24, 2.45) is 0 Å². The molecule has 1 unspecified atom stereocenters. The Morgan fingerprint density at radius 1 is 1.15 bits per heavy atom. The van der Waals surface area contributed by atoms with Crippen LogP contribution in [0.4, 0.5) is 21.8 Å². The number of nitrogens with zero attached hydrogens (tertiary/aromatic N) is 4. The summed E-state index contributed by atoms with van der Waals surface area (Å²) in [6, 6.07) is 10.5. The van der Waals surface area contributed by atoms with Gasteiger partial charge in [-0.1, -0.05) is 12.1 Å². The highest BCUT2D eigenvalue weighted by Gasteiger charge is 2.25. The molecule has 7 heteroatoms. The van der Waals surface area contributed by atoms with Gasteiger partial charge in [0.05, 0.1) is 6.04 Å². The third kappa shape index (κ3) is 3.51. The number of anilines is 3. The number of nitrogens with one attached hydrogen (secondary N) is 2. The third-order valence-corrected chi connectivity index (χ3v) is 4.82. The summed E-state index contributed by atoms with van der Waals surface area (Å²) in [5.41, 5.74) is 2.19. The van der Waals surface area contributed by atoms with Crippen LogP contribution in [-0.2, 0) is 0 Å². The van der Waals surface area contributed by atoms with Crippen molar-refractivity contribution >= 4 is 17.5 Å². The number of aromatic nitrogens is 4. The summed E-state index contributed by atoms with van der Waals surface area (Å²) in [5, 5.41) is 10.6. The van der Waals surface area contributed by atoms with Crippen LogP contribution in [0.1, 0.15) is 43.0 Å². The van der Waals surface area contributed by atoms with Crippen molar-refractivity contribution in [1.82, 2.24) is 20.2 Å². The second kappa shape index (κ2) is 6.74. The molecule has 1 aliphatic rings. The fraction of sp³-hybridized carbons (Fsp3) is 0.316. The first-order valence-corrected chi connectivity index (χ1v) is 8.73. The Morgan fingerprint density at radius 3 is 2.65 bits per heavy atom. The molecule has 6 nitrogen and oxygen atoms in total. The number of rotatable bonds is 6. The van der Waals surface area contributed by atoms with Gasteiger partial charge in [-0.3, -0.25) is 5.10 Å². The van der Waals surface area contributed by atoms with Gasteiger partial charge in [0, 0.05) is 30.8 Å². The van der Waals surface area contributed by atoms with Gasteiger partial charge >= 0.3 is 0 Å². The molecule has 1 aliphatic carbocycles. The van der Waals surface area contributed by atoms with Gasteiger partial charge in [0.25, 0.3) is 0 Å². The van der Waals surface area contributed by atoms with Crippen LogP contribution in [0.15, 0.2) is 42.7 Å². The van der Waals surface area contributed by atoms with Crippen LogP contribution in [0.2, 0.25) is 0 Å². The van der Waals surface area contributed by atoms with E-state index in [0.29, 0.717) is 11.7 Å². The van der Waals surface area contributed by atoms with E-state index in [1.165, 1.54) is 37.0 Å². The molecule has 1 saturated carbocycles. The van der Waals surface area contributed by atoms with Crippen LogP contribution < -0.4 is 10.2 Å². The van der Waals surface area contributed by atoms with Crippen molar-refractivity contribution in [3.8, 4) is 0 Å². The highest BCUT2D eigenvalue weighted by molar-refractivity contribution is 5.57. The molecule has 134 valence electrons. The molecule has 1 fully saturated rings. The Bertz CT molecular complexity index is 887. The van der Waals surface area contributed by atoms with Gasteiger partial charge in [0.15, 0.2) is 5.82 Å². The molecule has 0 spiro atoms. The van der Waals surface area contributed by atoms with Crippen LogP contribution in [-0.4, -0.2) is 27.2 Å². The van der Waals surface area contributed by atoms with E-state index in [4.69, 9.17) is 0 Å². The highest BCUT2D eigenvalue weighted by atomic mass is 19.1. The van der Waals surface area contributed by atoms with Gasteiger partial charge in [-0.25, -0.2) is 14.4 Å². The summed E-state index contributed by atoms with van der Waals surface area (Å²) < 4.78 is 13.1. The van der Waals surface area contributed by atoms with Gasteiger partial charge < -0.3 is 10.2 Å². The number of benzene rings is 1. The molecule has 0 radical (unpaired) electrons. The lowest BCUT2D eigenvalue weighted by atomic mass is 10.1. The average Bonchev–Trinajstić information content (AvgIpc) is 3.41. The maximum atomic E-state index is 13.1. The quantitative estimate of drug-likeness (QED) is 0.697. The maximum Gasteiger partial charge on any atom is 0.153 e. The molecule has 26 heavy (non-hydrogen) atoms. The molecule has 3 aromatic rings. The van der Waals surface area contributed by atoms with Crippen LogP contribution in [0.3, 0.4) is 0 Å². The zero-order valence-corrected chi connectivity index (χ0v) is 14.8. The lowest BCUT2D eigenvalue weighted by molar-refractivity contribution is 0.625. The van der Waals surface area contributed by atoms with E-state index in [1.54, 1.807) is 12.1 Å². The number of hydrogen-bond donors (Lipinski definition) is 2. The van der Waals surface area contributed by atoms with E-state index in [1.807, 2.05) is 24.1 Å². The number of halogens is 1. The minimum absolute atomic E-state index is 0.0465. The average molecular weight is 352 g/mol. The Hall–Kier alpha value is -2.96. The van der Waals surface area contributed by atoms with Gasteiger partial charge in [-0.2, -0.15) is 5.10 Å². The van der Waals surface area contributed by atoms with Gasteiger partial charge in [0.2, 0.25) is 0 Å². The molecule has 4 rings (SSSR count). The minimum atomic E-state index is -0.235. The summed E-state index contributed by atoms with van der Waals surface area (Å²) in [6.07, 6.45) is 3.98. The summed E-state index contributed by atoms with van der Waals surface area (Å²) in [6.45, 7) is 2.05. The zero-order chi connectivity index (χ0) is 18.1. The van der Waals surface area contributed by atoms with Gasteiger partial charge in [-0.05, 0) is 37.5 Å². The standard InChI is InChI=1S/C19H21FN6/c1-12(13-5-7-15(20)8-6-13)26(2)19-10-17(21-11-22-19)23-18-9-16(24-25-18)14-3-4-14/h5-12,14H,3-4H2,1-2H3,(H2,21,22,23,24,25). The van der Waals surface area contributed by atoms with Gasteiger partial charge in [-0.15, -0.1) is 0 Å². The summed E-state index contributed by atoms with van der Waals surface area (Å²) in [7, 11) is 1.96. The Balaban J connectivity index is 1.49. The summed E-state index contributed by atoms with van der Waals surface area (Å²) in [5.74, 6) is 2.61. The van der Waals surface area contributed by atoms with Crippen molar-refractivity contribution in [1.29, 1.82) is 0 Å². The molecule has 2 heterocycles. The van der Waals surface area contributed by atoms with Crippen molar-refractivity contribution in [2.75, 3.05) is 17.3 Å². The van der Waals surface area contributed by atoms with E-state index in [9.17, 15) is 4.39 Å². The molecule has 2 aromatic heterocycles. The van der Waals surface area contributed by atoms with Crippen molar-refractivity contribution in [3.05, 3.63) is 59.8 Å². The first-order valence-electron chi connectivity index (χ1n) is 8.73. The molecule has 1 atom stereocenters. The van der Waals surface area contributed by atoms with Crippen LogP contribution in [0, 0.1) is 5.82 Å². The fourth-order valence-electron chi connectivity index (χ4n) is 2.91. The SMILES string of the molecule is CC(c1ccc(F)cc1)N(C)c1cc(Nc2cc(C3CC3)[nH]n2)ncn1. The largest absolute Gasteiger partial charge is 0.353 e. The Morgan fingerprint density at radius 2 is 1.92 bits per heavy atom. The van der Waals surface area contributed by atoms with Crippen LogP contribution >= 0.6 is 0 Å². The Labute approximate surface area is 151 Å². The van der Waals surface area contributed by atoms with Gasteiger partial charge in [0.1, 0.15) is 23.8 Å². The summed E-state index contributed by atoms with van der Waals surface area (Å²) in [4.78, 5) is 10.7. The molecule has 0 saturated heterocycles. The number of H-pyrrole nitrogens is 1. The lowest BCUT2D eigenvalue weighted by Crippen LogP contribution is -2.22. The number of aromatic amines is 1. The number of hydrogen-bond acceptors (Lipinski definition) is 5. The predicted octanol–water partition coefficient (Wildman–Crippen LogP) is 4.16. The summed E-state index contributed by atoms with van der Waals surface area (Å²) >= 11 is 0. The maximum absolute atomic E-state index is 13.1. The van der Waals surface area contributed by atoms with Crippen molar-refractivity contribution < 1.29 is 4.39 Å². The van der Waals surface area contributed by atoms with Crippen LogP contribution in [0.5, 0.6) is 0 Å². The smallest absolute Gasteiger partial charge is 0.153 e. The van der Waals surface area contributed by atoms with Crippen molar-refractivity contribution in [3.63, 3.8) is 0 Å². The van der Waals surface area contributed by atoms with E-state index in [0.717, 1.165) is 17.2 Å². The highest BCUT2D eigenvalue weighted by Crippen LogP contribution is 2.39. The minimum Gasteiger partial charge on any atom is -0.353 e. The van der Waals surface area contributed by atoms with Crippen molar-refractivity contribution in [2.45, 2.75) is 31.7 Å². The molecule has 2 N–H and O–H groups in total. The van der Waals surface area contributed by atoms with E-state index < -0.39 is 0 Å². The first kappa shape index (κ1) is 16.5. The second-order valence-corrected chi connectivity index (χ2v) is 6.71. The predicted molar refractivity (Wildman–Crippen MR) is 99.1 cm³/mol. The molecule has 0 amide bonds. The molecule has 0 aliphatic heterocycles. The first-order chi connectivity index (χ1) is 12.6. The monoisotopic (exact) mass is 352 g/mol. The van der Waals surface area contributed by atoms with E-state index in [-0.39, 0.29) is 11.9 Å². The van der Waals surface area contributed by atoms with E-state index >= 15 is 0 Å². The van der Waals surface area contributed by atoms with E-state index in [2.05, 4.69) is 32.4 Å². The molecule has 1 aromatic carbocycles. The lowest BCUT2D eigenvalue weighted by Gasteiger charge is -2.26. The topological polar surface area (TPSA) is 69.7 Å². The zero-order valence-electron chi connectivity index (χ0n) is 14.8. The van der Waals surface area contributed by atoms with Crippen LogP contribution in [0.25, 0.3) is 0 Å². The molecular weight excluding hydrogens is 331 g/mol. The Kier molecular flexibility index (Phi) is 4.28. The second-order valence-electron chi connectivity index (χ2n) is 6.71. The molecule has 0 bridgehead atoms.